The Morgan fingerprint density at radius 1 is 0.967 bits per heavy atom. The summed E-state index contributed by atoms with van der Waals surface area (Å²) in [5, 5.41) is 0. The van der Waals surface area contributed by atoms with Gasteiger partial charge in [0, 0.05) is 6.54 Å². The summed E-state index contributed by atoms with van der Waals surface area (Å²) in [4.78, 5) is 41.1. The number of hydrogen-bond donors (Lipinski definition) is 0. The van der Waals surface area contributed by atoms with Gasteiger partial charge in [-0.1, -0.05) is 60.7 Å². The summed E-state index contributed by atoms with van der Waals surface area (Å²) in [5.41, 5.74) is 0.0169. The Morgan fingerprint density at radius 3 is 2.17 bits per heavy atom. The molecule has 4 atom stereocenters. The summed E-state index contributed by atoms with van der Waals surface area (Å²) in [7, 11) is 2.52. The fraction of sp³-hybridized carbons (Fsp3) is 0.348. The van der Waals surface area contributed by atoms with Crippen molar-refractivity contribution in [1.29, 1.82) is 0 Å². The summed E-state index contributed by atoms with van der Waals surface area (Å²) in [6.45, 7) is 0.287. The number of cyclic esters (lactones) is 1. The van der Waals surface area contributed by atoms with Crippen LogP contribution in [-0.4, -0.2) is 50.2 Å². The molecule has 156 valence electrons. The maximum absolute atomic E-state index is 13.4. The zero-order valence-electron chi connectivity index (χ0n) is 16.8. The minimum absolute atomic E-state index is 0.124. The Kier molecular flexibility index (Phi) is 5.30. The molecule has 0 spiro atoms. The van der Waals surface area contributed by atoms with E-state index in [1.165, 1.54) is 14.2 Å². The number of benzene rings is 2. The van der Waals surface area contributed by atoms with Gasteiger partial charge in [0.05, 0.1) is 26.2 Å². The van der Waals surface area contributed by atoms with Crippen molar-refractivity contribution in [1.82, 2.24) is 4.90 Å². The highest BCUT2D eigenvalue weighted by molar-refractivity contribution is 5.95. The zero-order chi connectivity index (χ0) is 21.3. The molecule has 7 heteroatoms. The lowest BCUT2D eigenvalue weighted by Crippen LogP contribution is -2.59. The summed E-state index contributed by atoms with van der Waals surface area (Å²) in [6.07, 6.45) is 0. The molecule has 7 nitrogen and oxygen atoms in total. The molecule has 2 aliphatic heterocycles. The number of carbonyl (C=O) groups excluding carboxylic acids is 3. The van der Waals surface area contributed by atoms with Gasteiger partial charge in [0.25, 0.3) is 0 Å². The highest BCUT2D eigenvalue weighted by Crippen LogP contribution is 2.53. The van der Waals surface area contributed by atoms with Gasteiger partial charge in [-0.2, -0.15) is 0 Å². The van der Waals surface area contributed by atoms with Gasteiger partial charge in [0.2, 0.25) is 0 Å². The molecule has 2 aromatic rings. The largest absolute Gasteiger partial charge is 0.469 e. The molecular weight excluding hydrogens is 386 g/mol. The Bertz CT molecular complexity index is 947. The molecule has 0 radical (unpaired) electrons. The van der Waals surface area contributed by atoms with Crippen LogP contribution >= 0.6 is 0 Å². The predicted octanol–water partition coefficient (Wildman–Crippen LogP) is 2.07. The van der Waals surface area contributed by atoms with E-state index in [0.717, 1.165) is 5.56 Å². The Labute approximate surface area is 174 Å². The summed E-state index contributed by atoms with van der Waals surface area (Å²) < 4.78 is 15.7. The average molecular weight is 409 g/mol. The van der Waals surface area contributed by atoms with Crippen molar-refractivity contribution in [2.45, 2.75) is 11.6 Å². The Morgan fingerprint density at radius 2 is 1.57 bits per heavy atom. The molecule has 2 aliphatic rings. The van der Waals surface area contributed by atoms with Gasteiger partial charge in [-0.25, -0.2) is 4.79 Å². The lowest BCUT2D eigenvalue weighted by Gasteiger charge is -2.47. The van der Waals surface area contributed by atoms with Crippen LogP contribution in [0.1, 0.15) is 17.2 Å². The monoisotopic (exact) mass is 409 g/mol. The smallest absolute Gasteiger partial charge is 0.332 e. The molecule has 4 rings (SSSR count). The topological polar surface area (TPSA) is 82.1 Å². The Balaban J connectivity index is 1.96. The predicted molar refractivity (Wildman–Crippen MR) is 106 cm³/mol. The van der Waals surface area contributed by atoms with Crippen molar-refractivity contribution < 1.29 is 28.6 Å². The summed E-state index contributed by atoms with van der Waals surface area (Å²) >= 11 is 0. The third-order valence-corrected chi connectivity index (χ3v) is 6.12. The molecule has 0 amide bonds. The second kappa shape index (κ2) is 7.91. The number of hydrogen-bond acceptors (Lipinski definition) is 7. The summed E-state index contributed by atoms with van der Waals surface area (Å²) in [5.74, 6) is -3.75. The van der Waals surface area contributed by atoms with E-state index in [9.17, 15) is 14.4 Å². The standard InChI is InChI=1S/C23H23NO6/c1-28-20(25)17-13-24-18(15-9-5-3-6-10-15)14-30-22(27)23(24,19(17)21(26)29-2)16-11-7-4-8-12-16/h3-12,17-19H,13-14H2,1-2H3/t17-,18-,19+,23+/m0/s1. The van der Waals surface area contributed by atoms with Crippen molar-refractivity contribution in [2.24, 2.45) is 11.8 Å². The van der Waals surface area contributed by atoms with Gasteiger partial charge in [0.15, 0.2) is 5.54 Å². The third-order valence-electron chi connectivity index (χ3n) is 6.12. The van der Waals surface area contributed by atoms with Crippen LogP contribution < -0.4 is 0 Å². The number of esters is 3. The second-order valence-corrected chi connectivity index (χ2v) is 7.44. The van der Waals surface area contributed by atoms with Crippen LogP contribution in [0, 0.1) is 11.8 Å². The minimum Gasteiger partial charge on any atom is -0.469 e. The molecule has 0 aromatic heterocycles. The van der Waals surface area contributed by atoms with E-state index in [4.69, 9.17) is 14.2 Å². The van der Waals surface area contributed by atoms with E-state index in [2.05, 4.69) is 0 Å². The van der Waals surface area contributed by atoms with Crippen molar-refractivity contribution >= 4 is 17.9 Å². The van der Waals surface area contributed by atoms with Gasteiger partial charge >= 0.3 is 17.9 Å². The van der Waals surface area contributed by atoms with Crippen LogP contribution in [0.5, 0.6) is 0 Å². The van der Waals surface area contributed by atoms with Crippen LogP contribution in [0.15, 0.2) is 60.7 Å². The molecular formula is C23H23NO6. The van der Waals surface area contributed by atoms with Crippen molar-refractivity contribution in [3.05, 3.63) is 71.8 Å². The molecule has 2 aromatic carbocycles. The first-order valence-corrected chi connectivity index (χ1v) is 9.75. The lowest BCUT2D eigenvalue weighted by molar-refractivity contribution is -0.183. The maximum Gasteiger partial charge on any atom is 0.332 e. The maximum atomic E-state index is 13.4. The molecule has 0 saturated carbocycles. The van der Waals surface area contributed by atoms with Crippen LogP contribution in [0.2, 0.25) is 0 Å². The molecule has 2 heterocycles. The molecule has 2 fully saturated rings. The van der Waals surface area contributed by atoms with E-state index in [-0.39, 0.29) is 19.2 Å². The third kappa shape index (κ3) is 2.89. The Hall–Kier alpha value is -3.19. The molecule has 0 unspecified atom stereocenters. The van der Waals surface area contributed by atoms with E-state index in [1.807, 2.05) is 41.3 Å². The fourth-order valence-corrected chi connectivity index (χ4v) is 4.83. The number of methoxy groups -OCH3 is 2. The number of morpholine rings is 1. The minimum atomic E-state index is -1.49. The number of rotatable bonds is 4. The van der Waals surface area contributed by atoms with Crippen molar-refractivity contribution in [2.75, 3.05) is 27.4 Å². The van der Waals surface area contributed by atoms with Gasteiger partial charge in [0.1, 0.15) is 12.5 Å². The van der Waals surface area contributed by atoms with Crippen LogP contribution in [0.4, 0.5) is 0 Å². The first-order chi connectivity index (χ1) is 14.6. The normalized spacial score (nSPS) is 28.3. The van der Waals surface area contributed by atoms with Crippen LogP contribution in [0.3, 0.4) is 0 Å². The molecule has 30 heavy (non-hydrogen) atoms. The second-order valence-electron chi connectivity index (χ2n) is 7.44. The van der Waals surface area contributed by atoms with Gasteiger partial charge in [-0.15, -0.1) is 0 Å². The molecule has 0 bridgehead atoms. The number of fused-ring (bicyclic) bond motifs is 1. The van der Waals surface area contributed by atoms with Crippen LogP contribution in [-0.2, 0) is 34.1 Å². The van der Waals surface area contributed by atoms with E-state index in [0.29, 0.717) is 5.56 Å². The van der Waals surface area contributed by atoms with Gasteiger partial charge in [-0.05, 0) is 11.1 Å². The SMILES string of the molecule is COC(=O)[C@H]1CN2[C@H](c3ccccc3)COC(=O)[C@@]2(c2ccccc2)[C@H]1C(=O)OC. The van der Waals surface area contributed by atoms with E-state index in [1.54, 1.807) is 24.3 Å². The lowest BCUT2D eigenvalue weighted by atomic mass is 9.73. The van der Waals surface area contributed by atoms with Crippen LogP contribution in [0.25, 0.3) is 0 Å². The fourth-order valence-electron chi connectivity index (χ4n) is 4.83. The van der Waals surface area contributed by atoms with E-state index >= 15 is 0 Å². The molecule has 2 saturated heterocycles. The number of ether oxygens (including phenoxy) is 3. The summed E-state index contributed by atoms with van der Waals surface area (Å²) in [6, 6.07) is 18.2. The molecule has 0 N–H and O–H groups in total. The number of carbonyl (C=O) groups is 3. The van der Waals surface area contributed by atoms with Crippen molar-refractivity contribution in [3.8, 4) is 0 Å². The van der Waals surface area contributed by atoms with E-state index < -0.39 is 35.3 Å². The zero-order valence-corrected chi connectivity index (χ0v) is 16.8. The molecule has 0 aliphatic carbocycles. The van der Waals surface area contributed by atoms with Gasteiger partial charge in [-0.3, -0.25) is 14.5 Å². The first-order valence-electron chi connectivity index (χ1n) is 9.75. The quantitative estimate of drug-likeness (QED) is 0.565. The highest BCUT2D eigenvalue weighted by Gasteiger charge is 2.69. The number of nitrogens with zero attached hydrogens (tertiary/aromatic N) is 1. The van der Waals surface area contributed by atoms with Gasteiger partial charge < -0.3 is 14.2 Å². The highest BCUT2D eigenvalue weighted by atomic mass is 16.5. The first kappa shape index (κ1) is 20.1. The average Bonchev–Trinajstić information content (AvgIpc) is 3.17. The van der Waals surface area contributed by atoms with Crippen molar-refractivity contribution in [3.63, 3.8) is 0 Å².